The van der Waals surface area contributed by atoms with Gasteiger partial charge in [0.15, 0.2) is 6.61 Å². The number of carbonyl (C=O) groups is 1. The summed E-state index contributed by atoms with van der Waals surface area (Å²) >= 11 is 0. The zero-order chi connectivity index (χ0) is 13.5. The smallest absolute Gasteiger partial charge is 0.258 e. The minimum Gasteiger partial charge on any atom is -0.484 e. The molecule has 0 spiro atoms. The molecular weight excluding hydrogens is 237 g/mol. The van der Waals surface area contributed by atoms with E-state index in [4.69, 9.17) is 9.84 Å². The zero-order valence-electron chi connectivity index (χ0n) is 10.5. The van der Waals surface area contributed by atoms with Gasteiger partial charge >= 0.3 is 0 Å². The molecule has 0 saturated heterocycles. The Morgan fingerprint density at radius 3 is 2.56 bits per heavy atom. The molecule has 2 N–H and O–H groups in total. The molecule has 4 nitrogen and oxygen atoms in total. The number of aliphatic hydroxyl groups is 1. The van der Waals surface area contributed by atoms with E-state index in [9.17, 15) is 9.18 Å². The van der Waals surface area contributed by atoms with E-state index in [1.54, 1.807) is 0 Å². The summed E-state index contributed by atoms with van der Waals surface area (Å²) in [5.41, 5.74) is 0. The molecule has 1 rings (SSSR count). The summed E-state index contributed by atoms with van der Waals surface area (Å²) in [7, 11) is 0. The molecule has 0 saturated carbocycles. The van der Waals surface area contributed by atoms with Gasteiger partial charge in [0.2, 0.25) is 0 Å². The van der Waals surface area contributed by atoms with Crippen molar-refractivity contribution in [3.8, 4) is 5.75 Å². The minimum absolute atomic E-state index is 0.0141. The standard InChI is InChI=1S/C13H18FNO3/c1-9(7-16)10(2)15-13(17)8-18-12-5-3-11(14)4-6-12/h3-6,9-10,16H,7-8H2,1-2H3,(H,15,17). The van der Waals surface area contributed by atoms with Gasteiger partial charge in [-0.3, -0.25) is 4.79 Å². The first kappa shape index (κ1) is 14.4. The van der Waals surface area contributed by atoms with Crippen LogP contribution in [0.5, 0.6) is 5.75 Å². The van der Waals surface area contributed by atoms with E-state index in [-0.39, 0.29) is 36.9 Å². The molecule has 18 heavy (non-hydrogen) atoms. The van der Waals surface area contributed by atoms with Gasteiger partial charge < -0.3 is 15.2 Å². The minimum atomic E-state index is -0.350. The van der Waals surface area contributed by atoms with Gasteiger partial charge in [-0.25, -0.2) is 4.39 Å². The summed E-state index contributed by atoms with van der Waals surface area (Å²) in [6.45, 7) is 3.54. The highest BCUT2D eigenvalue weighted by Crippen LogP contribution is 2.10. The van der Waals surface area contributed by atoms with Crippen LogP contribution in [0.15, 0.2) is 24.3 Å². The number of amides is 1. The first-order chi connectivity index (χ1) is 8.52. The number of benzene rings is 1. The summed E-state index contributed by atoms with van der Waals surface area (Å²) in [5.74, 6) is -0.196. The van der Waals surface area contributed by atoms with Crippen molar-refractivity contribution < 1.29 is 19.0 Å². The SMILES string of the molecule is CC(CO)C(C)NC(=O)COc1ccc(F)cc1. The topological polar surface area (TPSA) is 58.6 Å². The Morgan fingerprint density at radius 1 is 1.39 bits per heavy atom. The van der Waals surface area contributed by atoms with Crippen LogP contribution in [0.4, 0.5) is 4.39 Å². The molecule has 0 heterocycles. The molecule has 0 aliphatic heterocycles. The summed E-state index contributed by atoms with van der Waals surface area (Å²) in [6.07, 6.45) is 0. The molecule has 1 aromatic carbocycles. The van der Waals surface area contributed by atoms with E-state index in [2.05, 4.69) is 5.32 Å². The maximum Gasteiger partial charge on any atom is 0.258 e. The molecule has 2 unspecified atom stereocenters. The lowest BCUT2D eigenvalue weighted by Gasteiger charge is -2.19. The number of hydrogen-bond acceptors (Lipinski definition) is 3. The van der Waals surface area contributed by atoms with Crippen LogP contribution in [-0.4, -0.2) is 30.3 Å². The van der Waals surface area contributed by atoms with Crippen molar-refractivity contribution in [1.82, 2.24) is 5.32 Å². The molecule has 0 fully saturated rings. The summed E-state index contributed by atoms with van der Waals surface area (Å²) < 4.78 is 17.8. The molecule has 2 atom stereocenters. The fourth-order valence-corrected chi connectivity index (χ4v) is 1.28. The van der Waals surface area contributed by atoms with Crippen LogP contribution in [0.1, 0.15) is 13.8 Å². The third-order valence-electron chi connectivity index (χ3n) is 2.71. The molecule has 0 radical (unpaired) electrons. The highest BCUT2D eigenvalue weighted by Gasteiger charge is 2.13. The van der Waals surface area contributed by atoms with Crippen molar-refractivity contribution in [2.24, 2.45) is 5.92 Å². The fraction of sp³-hybridized carbons (Fsp3) is 0.462. The van der Waals surface area contributed by atoms with Crippen LogP contribution in [-0.2, 0) is 4.79 Å². The van der Waals surface area contributed by atoms with Gasteiger partial charge in [-0.05, 0) is 37.1 Å². The molecule has 1 amide bonds. The highest BCUT2D eigenvalue weighted by molar-refractivity contribution is 5.77. The third kappa shape index (κ3) is 4.71. The second kappa shape index (κ2) is 6.96. The van der Waals surface area contributed by atoms with Crippen molar-refractivity contribution >= 4 is 5.91 Å². The van der Waals surface area contributed by atoms with Crippen molar-refractivity contribution in [2.45, 2.75) is 19.9 Å². The highest BCUT2D eigenvalue weighted by atomic mass is 19.1. The predicted molar refractivity (Wildman–Crippen MR) is 65.7 cm³/mol. The summed E-state index contributed by atoms with van der Waals surface area (Å²) in [4.78, 5) is 11.5. The summed E-state index contributed by atoms with van der Waals surface area (Å²) in [5, 5.41) is 11.6. The van der Waals surface area contributed by atoms with Gasteiger partial charge in [0.05, 0.1) is 0 Å². The first-order valence-electron chi connectivity index (χ1n) is 5.81. The number of nitrogens with one attached hydrogen (secondary N) is 1. The molecule has 100 valence electrons. The van der Waals surface area contributed by atoms with E-state index in [1.807, 2.05) is 13.8 Å². The number of halogens is 1. The van der Waals surface area contributed by atoms with Crippen molar-refractivity contribution in [3.63, 3.8) is 0 Å². The van der Waals surface area contributed by atoms with Crippen molar-refractivity contribution in [3.05, 3.63) is 30.1 Å². The zero-order valence-corrected chi connectivity index (χ0v) is 10.5. The lowest BCUT2D eigenvalue weighted by atomic mass is 10.1. The lowest BCUT2D eigenvalue weighted by Crippen LogP contribution is -2.40. The van der Waals surface area contributed by atoms with Crippen molar-refractivity contribution in [1.29, 1.82) is 0 Å². The second-order valence-electron chi connectivity index (χ2n) is 4.26. The van der Waals surface area contributed by atoms with Gasteiger partial charge in [0.25, 0.3) is 5.91 Å². The van der Waals surface area contributed by atoms with E-state index >= 15 is 0 Å². The molecule has 0 bridgehead atoms. The quantitative estimate of drug-likeness (QED) is 0.806. The van der Waals surface area contributed by atoms with E-state index < -0.39 is 0 Å². The summed E-state index contributed by atoms with van der Waals surface area (Å²) in [6, 6.07) is 5.33. The maximum absolute atomic E-state index is 12.6. The number of carbonyl (C=O) groups excluding carboxylic acids is 1. The number of hydrogen-bond donors (Lipinski definition) is 2. The van der Waals surface area contributed by atoms with E-state index in [1.165, 1.54) is 24.3 Å². The van der Waals surface area contributed by atoms with Crippen LogP contribution >= 0.6 is 0 Å². The normalized spacial score (nSPS) is 13.8. The Kier molecular flexibility index (Phi) is 5.58. The fourth-order valence-electron chi connectivity index (χ4n) is 1.28. The van der Waals surface area contributed by atoms with E-state index in [0.29, 0.717) is 5.75 Å². The Bertz CT molecular complexity index is 380. The van der Waals surface area contributed by atoms with Gasteiger partial charge in [-0.2, -0.15) is 0 Å². The largest absolute Gasteiger partial charge is 0.484 e. The Hall–Kier alpha value is -1.62. The number of rotatable bonds is 6. The van der Waals surface area contributed by atoms with Crippen LogP contribution in [0.3, 0.4) is 0 Å². The van der Waals surface area contributed by atoms with Crippen LogP contribution in [0.25, 0.3) is 0 Å². The average Bonchev–Trinajstić information content (AvgIpc) is 2.37. The Balaban J connectivity index is 2.35. The van der Waals surface area contributed by atoms with Crippen LogP contribution in [0, 0.1) is 11.7 Å². The third-order valence-corrected chi connectivity index (χ3v) is 2.71. The van der Waals surface area contributed by atoms with Gasteiger partial charge in [0.1, 0.15) is 11.6 Å². The van der Waals surface area contributed by atoms with Crippen molar-refractivity contribution in [2.75, 3.05) is 13.2 Å². The first-order valence-corrected chi connectivity index (χ1v) is 5.81. The Morgan fingerprint density at radius 2 is 2.00 bits per heavy atom. The van der Waals surface area contributed by atoms with E-state index in [0.717, 1.165) is 0 Å². The van der Waals surface area contributed by atoms with Gasteiger partial charge in [-0.15, -0.1) is 0 Å². The lowest BCUT2D eigenvalue weighted by molar-refractivity contribution is -0.124. The monoisotopic (exact) mass is 255 g/mol. The molecular formula is C13H18FNO3. The van der Waals surface area contributed by atoms with Crippen LogP contribution in [0.2, 0.25) is 0 Å². The molecule has 0 aliphatic carbocycles. The van der Waals surface area contributed by atoms with Gasteiger partial charge in [-0.1, -0.05) is 6.92 Å². The molecule has 1 aromatic rings. The number of ether oxygens (including phenoxy) is 1. The molecule has 0 aromatic heterocycles. The second-order valence-corrected chi connectivity index (χ2v) is 4.26. The van der Waals surface area contributed by atoms with Gasteiger partial charge in [0, 0.05) is 12.6 Å². The Labute approximate surface area is 106 Å². The molecule has 0 aliphatic rings. The van der Waals surface area contributed by atoms with Crippen LogP contribution < -0.4 is 10.1 Å². The molecule has 5 heteroatoms. The number of aliphatic hydroxyl groups excluding tert-OH is 1. The predicted octanol–water partition coefficient (Wildman–Crippen LogP) is 1.34. The maximum atomic E-state index is 12.6. The average molecular weight is 255 g/mol.